The number of allylic oxidation sites excluding steroid dienone is 2. The molecule has 0 saturated heterocycles. The molecule has 0 radical (unpaired) electrons. The zero-order chi connectivity index (χ0) is 9.64. The van der Waals surface area contributed by atoms with Gasteiger partial charge in [0, 0.05) is 18.6 Å². The molecule has 1 aromatic heterocycles. The Morgan fingerprint density at radius 2 is 2.43 bits per heavy atom. The molecule has 0 spiro atoms. The fourth-order valence-corrected chi connectivity index (χ4v) is 1.19. The minimum absolute atomic E-state index is 0.562. The molecule has 1 aliphatic heterocycles. The number of rotatable bonds is 3. The van der Waals surface area contributed by atoms with Crippen molar-refractivity contribution in [3.63, 3.8) is 0 Å². The van der Waals surface area contributed by atoms with E-state index in [4.69, 9.17) is 4.84 Å². The van der Waals surface area contributed by atoms with Gasteiger partial charge in [-0.05, 0) is 17.7 Å². The van der Waals surface area contributed by atoms with Crippen molar-refractivity contribution in [1.29, 1.82) is 0 Å². The van der Waals surface area contributed by atoms with Gasteiger partial charge in [0.25, 0.3) is 0 Å². The third kappa shape index (κ3) is 2.44. The van der Waals surface area contributed by atoms with E-state index in [-0.39, 0.29) is 0 Å². The van der Waals surface area contributed by atoms with Gasteiger partial charge in [0.05, 0.1) is 6.54 Å². The van der Waals surface area contributed by atoms with Gasteiger partial charge in [-0.3, -0.25) is 14.9 Å². The second kappa shape index (κ2) is 4.58. The molecule has 2 heterocycles. The number of hydroxylamine groups is 2. The van der Waals surface area contributed by atoms with E-state index in [1.807, 2.05) is 42.8 Å². The van der Waals surface area contributed by atoms with Gasteiger partial charge >= 0.3 is 0 Å². The lowest BCUT2D eigenvalue weighted by Crippen LogP contribution is -2.19. The Hall–Kier alpha value is -1.61. The van der Waals surface area contributed by atoms with E-state index in [0.717, 1.165) is 12.1 Å². The molecule has 0 aromatic carbocycles. The summed E-state index contributed by atoms with van der Waals surface area (Å²) in [5.74, 6) is 0. The van der Waals surface area contributed by atoms with Crippen LogP contribution < -0.4 is 0 Å². The molecule has 0 saturated carbocycles. The van der Waals surface area contributed by atoms with Crippen LogP contribution in [-0.2, 0) is 11.4 Å². The average molecular weight is 188 g/mol. The van der Waals surface area contributed by atoms with E-state index < -0.39 is 0 Å². The SMILES string of the molecule is C1=CCN(OCc2cccnc2)C=C1. The molecule has 0 N–H and O–H groups in total. The topological polar surface area (TPSA) is 25.4 Å². The highest BCUT2D eigenvalue weighted by molar-refractivity contribution is 5.08. The van der Waals surface area contributed by atoms with Crippen molar-refractivity contribution >= 4 is 0 Å². The first-order valence-electron chi connectivity index (χ1n) is 4.57. The molecule has 72 valence electrons. The van der Waals surface area contributed by atoms with Gasteiger partial charge in [-0.25, -0.2) is 0 Å². The van der Waals surface area contributed by atoms with Crippen molar-refractivity contribution in [2.24, 2.45) is 0 Å². The standard InChI is InChI=1S/C11H12N2O/c1-2-7-13(8-3-1)14-10-11-5-4-6-12-9-11/h1-7,9H,8,10H2. The zero-order valence-electron chi connectivity index (χ0n) is 7.84. The van der Waals surface area contributed by atoms with Crippen molar-refractivity contribution in [2.45, 2.75) is 6.61 Å². The largest absolute Gasteiger partial charge is 0.269 e. The summed E-state index contributed by atoms with van der Waals surface area (Å²) < 4.78 is 0. The maximum absolute atomic E-state index is 5.52. The van der Waals surface area contributed by atoms with Crippen LogP contribution in [0.3, 0.4) is 0 Å². The van der Waals surface area contributed by atoms with Crippen LogP contribution in [0.4, 0.5) is 0 Å². The van der Waals surface area contributed by atoms with E-state index in [0.29, 0.717) is 6.61 Å². The molecule has 0 bridgehead atoms. The lowest BCUT2D eigenvalue weighted by atomic mass is 10.3. The van der Waals surface area contributed by atoms with Crippen LogP contribution in [0, 0.1) is 0 Å². The van der Waals surface area contributed by atoms with Crippen molar-refractivity contribution in [2.75, 3.05) is 6.54 Å². The molecular formula is C11H12N2O. The van der Waals surface area contributed by atoms with Crippen LogP contribution in [0.5, 0.6) is 0 Å². The molecule has 0 unspecified atom stereocenters. The highest BCUT2D eigenvalue weighted by Crippen LogP contribution is 2.04. The average Bonchev–Trinajstić information content (AvgIpc) is 2.29. The van der Waals surface area contributed by atoms with E-state index in [1.165, 1.54) is 0 Å². The first-order valence-corrected chi connectivity index (χ1v) is 4.57. The van der Waals surface area contributed by atoms with Gasteiger partial charge in [-0.15, -0.1) is 0 Å². The van der Waals surface area contributed by atoms with Gasteiger partial charge < -0.3 is 0 Å². The predicted octanol–water partition coefficient (Wildman–Crippen LogP) is 1.90. The van der Waals surface area contributed by atoms with Gasteiger partial charge in [0.15, 0.2) is 0 Å². The Morgan fingerprint density at radius 1 is 1.43 bits per heavy atom. The van der Waals surface area contributed by atoms with Crippen LogP contribution in [-0.4, -0.2) is 16.6 Å². The number of pyridine rings is 1. The van der Waals surface area contributed by atoms with Gasteiger partial charge in [-0.1, -0.05) is 18.2 Å². The summed E-state index contributed by atoms with van der Waals surface area (Å²) in [6.07, 6.45) is 11.5. The molecular weight excluding hydrogens is 176 g/mol. The van der Waals surface area contributed by atoms with Gasteiger partial charge in [-0.2, -0.15) is 0 Å². The molecule has 1 aliphatic rings. The monoisotopic (exact) mass is 188 g/mol. The number of nitrogens with zero attached hydrogens (tertiary/aromatic N) is 2. The maximum Gasteiger partial charge on any atom is 0.101 e. The third-order valence-electron chi connectivity index (χ3n) is 1.90. The first-order chi connectivity index (χ1) is 6.95. The molecule has 3 heteroatoms. The maximum atomic E-state index is 5.52. The molecule has 1 aromatic rings. The third-order valence-corrected chi connectivity index (χ3v) is 1.90. The minimum atomic E-state index is 0.562. The van der Waals surface area contributed by atoms with Crippen LogP contribution >= 0.6 is 0 Å². The summed E-state index contributed by atoms with van der Waals surface area (Å²) in [6.45, 7) is 1.36. The Kier molecular flexibility index (Phi) is 2.93. The second-order valence-electron chi connectivity index (χ2n) is 3.00. The molecule has 14 heavy (non-hydrogen) atoms. The number of aromatic nitrogens is 1. The van der Waals surface area contributed by atoms with Crippen molar-refractivity contribution in [1.82, 2.24) is 10.0 Å². The van der Waals surface area contributed by atoms with Gasteiger partial charge in [0.2, 0.25) is 0 Å². The lowest BCUT2D eigenvalue weighted by molar-refractivity contribution is -0.124. The highest BCUT2D eigenvalue weighted by atomic mass is 16.7. The Bertz CT molecular complexity index is 332. The highest BCUT2D eigenvalue weighted by Gasteiger charge is 2.00. The van der Waals surface area contributed by atoms with E-state index >= 15 is 0 Å². The summed E-state index contributed by atoms with van der Waals surface area (Å²) in [5, 5.41) is 1.80. The Balaban J connectivity index is 1.83. The van der Waals surface area contributed by atoms with E-state index in [9.17, 15) is 0 Å². The fourth-order valence-electron chi connectivity index (χ4n) is 1.19. The lowest BCUT2D eigenvalue weighted by Gasteiger charge is -2.19. The number of hydrogen-bond acceptors (Lipinski definition) is 3. The summed E-state index contributed by atoms with van der Waals surface area (Å²) in [7, 11) is 0. The normalized spacial score (nSPS) is 14.7. The van der Waals surface area contributed by atoms with Crippen molar-refractivity contribution in [3.8, 4) is 0 Å². The summed E-state index contributed by atoms with van der Waals surface area (Å²) >= 11 is 0. The summed E-state index contributed by atoms with van der Waals surface area (Å²) in [4.78, 5) is 9.54. The Morgan fingerprint density at radius 3 is 3.14 bits per heavy atom. The van der Waals surface area contributed by atoms with Gasteiger partial charge in [0.1, 0.15) is 6.61 Å². The van der Waals surface area contributed by atoms with Crippen LogP contribution in [0.2, 0.25) is 0 Å². The minimum Gasteiger partial charge on any atom is -0.269 e. The summed E-state index contributed by atoms with van der Waals surface area (Å²) in [6, 6.07) is 3.90. The Labute approximate surface area is 83.3 Å². The first kappa shape index (κ1) is 8.97. The quantitative estimate of drug-likeness (QED) is 0.724. The molecule has 0 fully saturated rings. The molecule has 0 atom stereocenters. The van der Waals surface area contributed by atoms with Crippen LogP contribution in [0.25, 0.3) is 0 Å². The predicted molar refractivity (Wildman–Crippen MR) is 54.0 cm³/mol. The van der Waals surface area contributed by atoms with Crippen molar-refractivity contribution in [3.05, 3.63) is 54.5 Å². The second-order valence-corrected chi connectivity index (χ2v) is 3.00. The smallest absolute Gasteiger partial charge is 0.101 e. The molecule has 2 rings (SSSR count). The zero-order valence-corrected chi connectivity index (χ0v) is 7.84. The van der Waals surface area contributed by atoms with E-state index in [2.05, 4.69) is 4.98 Å². The fraction of sp³-hybridized carbons (Fsp3) is 0.182. The van der Waals surface area contributed by atoms with E-state index in [1.54, 1.807) is 11.3 Å². The molecule has 3 nitrogen and oxygen atoms in total. The van der Waals surface area contributed by atoms with Crippen LogP contribution in [0.15, 0.2) is 49.0 Å². The van der Waals surface area contributed by atoms with Crippen molar-refractivity contribution < 1.29 is 4.84 Å². The summed E-state index contributed by atoms with van der Waals surface area (Å²) in [5.41, 5.74) is 1.08. The number of hydrogen-bond donors (Lipinski definition) is 0. The molecule has 0 amide bonds. The molecule has 0 aliphatic carbocycles. The van der Waals surface area contributed by atoms with Crippen LogP contribution in [0.1, 0.15) is 5.56 Å².